The molecule has 1 saturated heterocycles. The van der Waals surface area contributed by atoms with Gasteiger partial charge in [-0.25, -0.2) is 9.59 Å². The molecule has 5 heteroatoms. The third-order valence-electron chi connectivity index (χ3n) is 4.21. The summed E-state index contributed by atoms with van der Waals surface area (Å²) in [6.45, 7) is 9.55. The minimum absolute atomic E-state index is 0.0649. The molecular formula is C14H26N2O3. The molecule has 0 aromatic carbocycles. The molecule has 0 aliphatic carbocycles. The van der Waals surface area contributed by atoms with Gasteiger partial charge in [0.1, 0.15) is 6.04 Å². The maximum Gasteiger partial charge on any atom is 0.326 e. The minimum atomic E-state index is -0.956. The van der Waals surface area contributed by atoms with Gasteiger partial charge in [-0.2, -0.15) is 0 Å². The van der Waals surface area contributed by atoms with E-state index in [2.05, 4.69) is 19.2 Å². The summed E-state index contributed by atoms with van der Waals surface area (Å²) in [7, 11) is 0. The van der Waals surface area contributed by atoms with Gasteiger partial charge in [0, 0.05) is 13.1 Å². The van der Waals surface area contributed by atoms with Crippen LogP contribution in [-0.4, -0.2) is 41.1 Å². The number of hydrogen-bond donors (Lipinski definition) is 2. The number of likely N-dealkylation sites (tertiary alicyclic amines) is 1. The molecule has 5 nitrogen and oxygen atoms in total. The van der Waals surface area contributed by atoms with Crippen molar-refractivity contribution in [3.8, 4) is 0 Å². The Morgan fingerprint density at radius 3 is 2.42 bits per heavy atom. The lowest BCUT2D eigenvalue weighted by atomic mass is 9.95. The van der Waals surface area contributed by atoms with E-state index < -0.39 is 12.0 Å². The maximum absolute atomic E-state index is 12.1. The van der Waals surface area contributed by atoms with E-state index in [-0.39, 0.29) is 11.9 Å². The van der Waals surface area contributed by atoms with Crippen LogP contribution in [-0.2, 0) is 4.79 Å². The third kappa shape index (κ3) is 4.11. The molecule has 0 aromatic heterocycles. The Labute approximate surface area is 115 Å². The van der Waals surface area contributed by atoms with Crippen molar-refractivity contribution in [2.24, 2.45) is 17.8 Å². The summed E-state index contributed by atoms with van der Waals surface area (Å²) in [6.07, 6.45) is 1.73. The van der Waals surface area contributed by atoms with Gasteiger partial charge in [-0.15, -0.1) is 0 Å². The normalized spacial score (nSPS) is 22.4. The second kappa shape index (κ2) is 6.78. The largest absolute Gasteiger partial charge is 0.480 e. The average molecular weight is 270 g/mol. The summed E-state index contributed by atoms with van der Waals surface area (Å²) >= 11 is 0. The van der Waals surface area contributed by atoms with Crippen LogP contribution in [0.15, 0.2) is 0 Å². The average Bonchev–Trinajstić information content (AvgIpc) is 2.84. The van der Waals surface area contributed by atoms with Gasteiger partial charge >= 0.3 is 12.0 Å². The lowest BCUT2D eigenvalue weighted by Crippen LogP contribution is -2.50. The summed E-state index contributed by atoms with van der Waals surface area (Å²) in [5.41, 5.74) is 0. The second-order valence-corrected chi connectivity index (χ2v) is 5.89. The van der Waals surface area contributed by atoms with Crippen LogP contribution in [0.5, 0.6) is 0 Å². The zero-order valence-corrected chi connectivity index (χ0v) is 12.3. The molecule has 1 aliphatic rings. The topological polar surface area (TPSA) is 69.6 Å². The quantitative estimate of drug-likeness (QED) is 0.804. The van der Waals surface area contributed by atoms with E-state index in [0.29, 0.717) is 11.8 Å². The minimum Gasteiger partial charge on any atom is -0.480 e. The molecule has 2 N–H and O–H groups in total. The van der Waals surface area contributed by atoms with Gasteiger partial charge in [-0.1, -0.05) is 34.1 Å². The number of nitrogens with one attached hydrogen (secondary N) is 1. The van der Waals surface area contributed by atoms with Crippen molar-refractivity contribution in [3.63, 3.8) is 0 Å². The Morgan fingerprint density at radius 2 is 2.00 bits per heavy atom. The van der Waals surface area contributed by atoms with E-state index in [4.69, 9.17) is 0 Å². The molecule has 1 rings (SSSR count). The molecule has 2 amide bonds. The first-order valence-corrected chi connectivity index (χ1v) is 7.15. The molecule has 1 heterocycles. The highest BCUT2D eigenvalue weighted by molar-refractivity contribution is 5.82. The molecule has 0 saturated carbocycles. The number of hydrogen-bond acceptors (Lipinski definition) is 2. The van der Waals surface area contributed by atoms with Gasteiger partial charge in [-0.05, 0) is 24.2 Å². The molecule has 0 radical (unpaired) electrons. The van der Waals surface area contributed by atoms with E-state index in [1.807, 2.05) is 13.8 Å². The van der Waals surface area contributed by atoms with Gasteiger partial charge in [0.2, 0.25) is 0 Å². The molecule has 2 unspecified atom stereocenters. The third-order valence-corrected chi connectivity index (χ3v) is 4.21. The predicted octanol–water partition coefficient (Wildman–Crippen LogP) is 2.17. The summed E-state index contributed by atoms with van der Waals surface area (Å²) < 4.78 is 0. The first-order valence-electron chi connectivity index (χ1n) is 7.15. The molecular weight excluding hydrogens is 244 g/mol. The van der Waals surface area contributed by atoms with E-state index in [9.17, 15) is 14.7 Å². The monoisotopic (exact) mass is 270 g/mol. The van der Waals surface area contributed by atoms with Crippen LogP contribution in [0.2, 0.25) is 0 Å². The van der Waals surface area contributed by atoms with Gasteiger partial charge in [0.25, 0.3) is 0 Å². The van der Waals surface area contributed by atoms with Crippen molar-refractivity contribution in [2.75, 3.05) is 13.1 Å². The SMILES string of the molecule is CCC(C)[C@H](NC(=O)N1CCC(C(C)C)C1)C(=O)O. The highest BCUT2D eigenvalue weighted by atomic mass is 16.4. The number of rotatable bonds is 5. The van der Waals surface area contributed by atoms with Crippen molar-refractivity contribution in [1.82, 2.24) is 10.2 Å². The van der Waals surface area contributed by atoms with Gasteiger partial charge < -0.3 is 15.3 Å². The Morgan fingerprint density at radius 1 is 1.37 bits per heavy atom. The smallest absolute Gasteiger partial charge is 0.326 e. The molecule has 19 heavy (non-hydrogen) atoms. The lowest BCUT2D eigenvalue weighted by molar-refractivity contribution is -0.140. The second-order valence-electron chi connectivity index (χ2n) is 5.89. The standard InChI is InChI=1S/C14H26N2O3/c1-5-10(4)12(13(17)18)15-14(19)16-7-6-11(8-16)9(2)3/h9-12H,5-8H2,1-4H3,(H,15,19)(H,17,18)/t10?,11?,12-/m0/s1. The first-order chi connectivity index (χ1) is 8.86. The fourth-order valence-electron chi connectivity index (χ4n) is 2.42. The number of carbonyl (C=O) groups excluding carboxylic acids is 1. The number of carbonyl (C=O) groups is 2. The van der Waals surface area contributed by atoms with Crippen molar-refractivity contribution >= 4 is 12.0 Å². The number of aliphatic carboxylic acids is 1. The van der Waals surface area contributed by atoms with Crippen LogP contribution in [0.3, 0.4) is 0 Å². The molecule has 1 aliphatic heterocycles. The lowest BCUT2D eigenvalue weighted by Gasteiger charge is -2.24. The van der Waals surface area contributed by atoms with Gasteiger partial charge in [-0.3, -0.25) is 0 Å². The number of urea groups is 1. The summed E-state index contributed by atoms with van der Waals surface area (Å²) in [5, 5.41) is 11.8. The molecule has 110 valence electrons. The fourth-order valence-corrected chi connectivity index (χ4v) is 2.42. The zero-order chi connectivity index (χ0) is 14.6. The predicted molar refractivity (Wildman–Crippen MR) is 73.9 cm³/mol. The van der Waals surface area contributed by atoms with Crippen molar-refractivity contribution in [1.29, 1.82) is 0 Å². The van der Waals surface area contributed by atoms with Crippen molar-refractivity contribution in [2.45, 2.75) is 46.6 Å². The summed E-state index contributed by atoms with van der Waals surface area (Å²) in [5.74, 6) is 0.0625. The van der Waals surface area contributed by atoms with Crippen LogP contribution < -0.4 is 5.32 Å². The van der Waals surface area contributed by atoms with E-state index in [1.54, 1.807) is 4.90 Å². The highest BCUT2D eigenvalue weighted by Crippen LogP contribution is 2.23. The molecule has 0 aromatic rings. The number of nitrogens with zero attached hydrogens (tertiary/aromatic N) is 1. The number of carboxylic acid groups (broad SMARTS) is 1. The number of carboxylic acids is 1. The molecule has 1 fully saturated rings. The number of amides is 2. The fraction of sp³-hybridized carbons (Fsp3) is 0.857. The van der Waals surface area contributed by atoms with Crippen LogP contribution in [0.1, 0.15) is 40.5 Å². The Kier molecular flexibility index (Phi) is 5.63. The van der Waals surface area contributed by atoms with E-state index >= 15 is 0 Å². The van der Waals surface area contributed by atoms with Crippen LogP contribution in [0.25, 0.3) is 0 Å². The Bertz CT molecular complexity index is 331. The first kappa shape index (κ1) is 15.8. The Hall–Kier alpha value is -1.26. The van der Waals surface area contributed by atoms with Gasteiger partial charge in [0.15, 0.2) is 0 Å². The van der Waals surface area contributed by atoms with Crippen LogP contribution in [0, 0.1) is 17.8 Å². The maximum atomic E-state index is 12.1. The zero-order valence-electron chi connectivity index (χ0n) is 12.3. The molecule has 0 spiro atoms. The summed E-state index contributed by atoms with van der Waals surface area (Å²) in [6, 6.07) is -1.04. The highest BCUT2D eigenvalue weighted by Gasteiger charge is 2.31. The van der Waals surface area contributed by atoms with Crippen LogP contribution >= 0.6 is 0 Å². The van der Waals surface area contributed by atoms with E-state index in [0.717, 1.165) is 25.9 Å². The molecule has 0 bridgehead atoms. The van der Waals surface area contributed by atoms with Crippen molar-refractivity contribution in [3.05, 3.63) is 0 Å². The summed E-state index contributed by atoms with van der Waals surface area (Å²) in [4.78, 5) is 25.0. The van der Waals surface area contributed by atoms with Gasteiger partial charge in [0.05, 0.1) is 0 Å². The Balaban J connectivity index is 2.56. The van der Waals surface area contributed by atoms with E-state index in [1.165, 1.54) is 0 Å². The van der Waals surface area contributed by atoms with Crippen LogP contribution in [0.4, 0.5) is 4.79 Å². The molecule has 3 atom stereocenters. The van der Waals surface area contributed by atoms with Crippen molar-refractivity contribution < 1.29 is 14.7 Å².